The van der Waals surface area contributed by atoms with E-state index < -0.39 is 10.0 Å². The number of aromatic nitrogens is 4. The normalized spacial score (nSPS) is 11.7. The molecule has 132 valence electrons. The smallest absolute Gasteiger partial charge is 0.318 e. The topological polar surface area (TPSA) is 119 Å². The van der Waals surface area contributed by atoms with Crippen LogP contribution in [0.4, 0.5) is 0 Å². The second-order valence-corrected chi connectivity index (χ2v) is 7.13. The van der Waals surface area contributed by atoms with Gasteiger partial charge in [-0.25, -0.2) is 23.1 Å². The third-order valence-electron chi connectivity index (χ3n) is 3.47. The molecule has 0 amide bonds. The molecule has 0 radical (unpaired) electrons. The summed E-state index contributed by atoms with van der Waals surface area (Å²) in [5, 5.41) is 0.0347. The highest BCUT2D eigenvalue weighted by molar-refractivity contribution is 7.89. The monoisotopic (exact) mass is 383 g/mol. The molecule has 0 aliphatic rings. The van der Waals surface area contributed by atoms with E-state index in [4.69, 9.17) is 21.1 Å². The molecule has 0 saturated carbocycles. The lowest BCUT2D eigenvalue weighted by molar-refractivity contribution is 0.381. The van der Waals surface area contributed by atoms with E-state index >= 15 is 0 Å². The largest absolute Gasteiger partial charge is 0.496 e. The van der Waals surface area contributed by atoms with Crippen molar-refractivity contribution in [1.82, 2.24) is 24.7 Å². The number of imidazole rings is 1. The molecule has 0 saturated heterocycles. The average molecular weight is 384 g/mol. The van der Waals surface area contributed by atoms with Crippen LogP contribution in [0.2, 0.25) is 5.02 Å². The van der Waals surface area contributed by atoms with Crippen LogP contribution in [0.3, 0.4) is 0 Å². The summed E-state index contributed by atoms with van der Waals surface area (Å²) in [5.74, 6) is 0.720. The molecule has 2 N–H and O–H groups in total. The first kappa shape index (κ1) is 17.4. The standard InChI is InChI=1S/C14H14ClN5O4S/c1-16-25(21,22)11-4-7(10(23-2)5-8(11)15)12-18-9-6-17-14(24-3)20-13(9)19-12/h4-6,16H,1-3H3,(H,17,18,19,20). The van der Waals surface area contributed by atoms with Gasteiger partial charge in [-0.15, -0.1) is 0 Å². The van der Waals surface area contributed by atoms with Crippen molar-refractivity contribution in [3.05, 3.63) is 23.4 Å². The van der Waals surface area contributed by atoms with E-state index in [1.54, 1.807) is 0 Å². The summed E-state index contributed by atoms with van der Waals surface area (Å²) in [6.45, 7) is 0. The predicted octanol–water partition coefficient (Wildman–Crippen LogP) is 1.60. The molecule has 0 aliphatic heterocycles. The van der Waals surface area contributed by atoms with Gasteiger partial charge in [0.05, 0.1) is 31.0 Å². The Bertz CT molecular complexity index is 1050. The third-order valence-corrected chi connectivity index (χ3v) is 5.35. The Balaban J connectivity index is 2.23. The van der Waals surface area contributed by atoms with E-state index in [1.165, 1.54) is 39.6 Å². The molecule has 9 nitrogen and oxygen atoms in total. The van der Waals surface area contributed by atoms with Crippen molar-refractivity contribution in [3.8, 4) is 23.1 Å². The number of benzene rings is 1. The van der Waals surface area contributed by atoms with Crippen molar-refractivity contribution in [3.63, 3.8) is 0 Å². The summed E-state index contributed by atoms with van der Waals surface area (Å²) >= 11 is 6.08. The fourth-order valence-corrected chi connectivity index (χ4v) is 3.49. The Hall–Kier alpha value is -2.43. The van der Waals surface area contributed by atoms with Gasteiger partial charge in [0.2, 0.25) is 10.0 Å². The van der Waals surface area contributed by atoms with Crippen LogP contribution >= 0.6 is 11.6 Å². The van der Waals surface area contributed by atoms with E-state index in [9.17, 15) is 8.42 Å². The number of hydrogen-bond acceptors (Lipinski definition) is 7. The first-order chi connectivity index (χ1) is 11.9. The average Bonchev–Trinajstić information content (AvgIpc) is 3.03. The number of sulfonamides is 1. The summed E-state index contributed by atoms with van der Waals surface area (Å²) in [6, 6.07) is 2.97. The van der Waals surface area contributed by atoms with Crippen molar-refractivity contribution in [2.45, 2.75) is 4.90 Å². The minimum absolute atomic E-state index is 0.0347. The minimum Gasteiger partial charge on any atom is -0.496 e. The summed E-state index contributed by atoms with van der Waals surface area (Å²) in [4.78, 5) is 15.4. The van der Waals surface area contributed by atoms with E-state index in [1.807, 2.05) is 0 Å². The fraction of sp³-hybridized carbons (Fsp3) is 0.214. The van der Waals surface area contributed by atoms with Crippen molar-refractivity contribution in [1.29, 1.82) is 0 Å². The first-order valence-corrected chi connectivity index (χ1v) is 8.84. The Labute approximate surface area is 148 Å². The number of nitrogens with zero attached hydrogens (tertiary/aromatic N) is 3. The fourth-order valence-electron chi connectivity index (χ4n) is 2.22. The molecular formula is C14H14ClN5O4S. The zero-order chi connectivity index (χ0) is 18.2. The Kier molecular flexibility index (Phi) is 4.50. The van der Waals surface area contributed by atoms with E-state index in [-0.39, 0.29) is 15.9 Å². The lowest BCUT2D eigenvalue weighted by atomic mass is 10.2. The van der Waals surface area contributed by atoms with Crippen molar-refractivity contribution < 1.29 is 17.9 Å². The number of nitrogens with one attached hydrogen (secondary N) is 2. The van der Waals surface area contributed by atoms with Gasteiger partial charge in [0.15, 0.2) is 5.65 Å². The maximum absolute atomic E-state index is 12.2. The Morgan fingerprint density at radius 3 is 2.60 bits per heavy atom. The molecule has 25 heavy (non-hydrogen) atoms. The van der Waals surface area contributed by atoms with Gasteiger partial charge in [-0.3, -0.25) is 0 Å². The minimum atomic E-state index is -3.75. The van der Waals surface area contributed by atoms with E-state index in [0.717, 1.165) is 0 Å². The molecule has 2 aromatic heterocycles. The van der Waals surface area contributed by atoms with Crippen LogP contribution in [0, 0.1) is 0 Å². The van der Waals surface area contributed by atoms with Crippen LogP contribution in [0.25, 0.3) is 22.6 Å². The van der Waals surface area contributed by atoms with Crippen LogP contribution < -0.4 is 14.2 Å². The zero-order valence-corrected chi connectivity index (χ0v) is 15.1. The van der Waals surface area contributed by atoms with Gasteiger partial charge in [-0.2, -0.15) is 4.98 Å². The molecular weight excluding hydrogens is 370 g/mol. The lowest BCUT2D eigenvalue weighted by Crippen LogP contribution is -2.19. The zero-order valence-electron chi connectivity index (χ0n) is 13.5. The lowest BCUT2D eigenvalue weighted by Gasteiger charge is -2.11. The number of ether oxygens (including phenoxy) is 2. The van der Waals surface area contributed by atoms with Crippen LogP contribution in [-0.2, 0) is 10.0 Å². The quantitative estimate of drug-likeness (QED) is 0.686. The maximum Gasteiger partial charge on any atom is 0.318 e. The molecule has 3 aromatic rings. The van der Waals surface area contributed by atoms with Gasteiger partial charge in [0.1, 0.15) is 22.0 Å². The Morgan fingerprint density at radius 1 is 1.20 bits per heavy atom. The van der Waals surface area contributed by atoms with Crippen LogP contribution in [0.5, 0.6) is 11.8 Å². The molecule has 0 aliphatic carbocycles. The van der Waals surface area contributed by atoms with E-state index in [0.29, 0.717) is 28.3 Å². The van der Waals surface area contributed by atoms with Crippen molar-refractivity contribution in [2.75, 3.05) is 21.3 Å². The van der Waals surface area contributed by atoms with Gasteiger partial charge in [-0.1, -0.05) is 11.6 Å². The summed E-state index contributed by atoms with van der Waals surface area (Å²) < 4.78 is 36.8. The summed E-state index contributed by atoms with van der Waals surface area (Å²) in [5.41, 5.74) is 1.35. The SMILES string of the molecule is CNS(=O)(=O)c1cc(-c2nc3nc(OC)ncc3[nH]2)c(OC)cc1Cl. The Morgan fingerprint density at radius 2 is 1.96 bits per heavy atom. The van der Waals surface area contributed by atoms with Gasteiger partial charge in [-0.05, 0) is 13.1 Å². The summed E-state index contributed by atoms with van der Waals surface area (Å²) in [7, 11) is 0.453. The van der Waals surface area contributed by atoms with E-state index in [2.05, 4.69) is 24.7 Å². The first-order valence-electron chi connectivity index (χ1n) is 6.97. The maximum atomic E-state index is 12.2. The highest BCUT2D eigenvalue weighted by Crippen LogP contribution is 2.36. The predicted molar refractivity (Wildman–Crippen MR) is 91.5 cm³/mol. The van der Waals surface area contributed by atoms with Gasteiger partial charge in [0, 0.05) is 6.07 Å². The number of H-pyrrole nitrogens is 1. The second-order valence-electron chi connectivity index (χ2n) is 4.87. The molecule has 0 atom stereocenters. The third kappa shape index (κ3) is 3.11. The molecule has 1 aromatic carbocycles. The van der Waals surface area contributed by atoms with Gasteiger partial charge < -0.3 is 14.5 Å². The molecule has 0 unspecified atom stereocenters. The molecule has 3 rings (SSSR count). The molecule has 0 fully saturated rings. The number of halogens is 1. The van der Waals surface area contributed by atoms with Crippen LogP contribution in [0.1, 0.15) is 0 Å². The van der Waals surface area contributed by atoms with Crippen LogP contribution in [0.15, 0.2) is 23.2 Å². The molecule has 11 heteroatoms. The number of aromatic amines is 1. The highest BCUT2D eigenvalue weighted by Gasteiger charge is 2.22. The van der Waals surface area contributed by atoms with Gasteiger partial charge in [0.25, 0.3) is 0 Å². The number of rotatable bonds is 5. The summed E-state index contributed by atoms with van der Waals surface area (Å²) in [6.07, 6.45) is 1.52. The highest BCUT2D eigenvalue weighted by atomic mass is 35.5. The van der Waals surface area contributed by atoms with Gasteiger partial charge >= 0.3 is 6.01 Å². The van der Waals surface area contributed by atoms with Crippen LogP contribution in [-0.4, -0.2) is 49.6 Å². The molecule has 2 heterocycles. The van der Waals surface area contributed by atoms with Crippen molar-refractivity contribution in [2.24, 2.45) is 0 Å². The second kappa shape index (κ2) is 6.47. The number of methoxy groups -OCH3 is 2. The van der Waals surface area contributed by atoms with Crippen molar-refractivity contribution >= 4 is 32.8 Å². The number of hydrogen-bond donors (Lipinski definition) is 2. The number of fused-ring (bicyclic) bond motifs is 1. The molecule has 0 bridgehead atoms. The molecule has 0 spiro atoms.